The Labute approximate surface area is 132 Å². The van der Waals surface area contributed by atoms with E-state index < -0.39 is 0 Å². The normalized spacial score (nSPS) is 27.3. The second kappa shape index (κ2) is 5.36. The fraction of sp³-hybridized carbons (Fsp3) is 0.611. The molecule has 1 unspecified atom stereocenters. The molecule has 4 heteroatoms. The molecule has 2 heterocycles. The minimum atomic E-state index is -0.291. The summed E-state index contributed by atoms with van der Waals surface area (Å²) in [5.41, 5.74) is 3.02. The number of amides is 1. The van der Waals surface area contributed by atoms with E-state index in [1.165, 1.54) is 30.4 Å². The van der Waals surface area contributed by atoms with Gasteiger partial charge in [-0.25, -0.2) is 0 Å². The van der Waals surface area contributed by atoms with Gasteiger partial charge in [0.05, 0.1) is 6.61 Å². The van der Waals surface area contributed by atoms with E-state index in [9.17, 15) is 4.79 Å². The third-order valence-electron chi connectivity index (χ3n) is 5.61. The van der Waals surface area contributed by atoms with Gasteiger partial charge in [-0.1, -0.05) is 30.7 Å². The third kappa shape index (κ3) is 2.25. The van der Waals surface area contributed by atoms with E-state index in [1.54, 1.807) is 0 Å². The van der Waals surface area contributed by atoms with Crippen LogP contribution in [0.25, 0.3) is 0 Å². The van der Waals surface area contributed by atoms with Gasteiger partial charge in [0, 0.05) is 31.6 Å². The summed E-state index contributed by atoms with van der Waals surface area (Å²) >= 11 is 0. The lowest BCUT2D eigenvalue weighted by atomic mass is 9.61. The highest BCUT2D eigenvalue weighted by Gasteiger charge is 2.46. The zero-order chi connectivity index (χ0) is 15.2. The number of fused-ring (bicyclic) bond motifs is 2. The van der Waals surface area contributed by atoms with Crippen molar-refractivity contribution in [1.82, 2.24) is 9.80 Å². The smallest absolute Gasteiger partial charge is 0.253 e. The molecule has 118 valence electrons. The highest BCUT2D eigenvalue weighted by atomic mass is 16.5. The van der Waals surface area contributed by atoms with Crippen LogP contribution in [-0.2, 0) is 21.5 Å². The number of hydrogen-bond acceptors (Lipinski definition) is 3. The molecule has 0 radical (unpaired) electrons. The van der Waals surface area contributed by atoms with Crippen LogP contribution in [0.5, 0.6) is 0 Å². The summed E-state index contributed by atoms with van der Waals surface area (Å²) in [5.74, 6) is 0.173. The van der Waals surface area contributed by atoms with Crippen LogP contribution < -0.4 is 0 Å². The first-order valence-electron chi connectivity index (χ1n) is 8.35. The van der Waals surface area contributed by atoms with E-state index in [0.717, 1.165) is 19.6 Å². The van der Waals surface area contributed by atoms with E-state index in [0.29, 0.717) is 13.2 Å². The molecule has 1 aromatic rings. The molecule has 1 saturated heterocycles. The number of carbonyl (C=O) groups is 1. The summed E-state index contributed by atoms with van der Waals surface area (Å²) in [6, 6.07) is 8.67. The van der Waals surface area contributed by atoms with Crippen LogP contribution in [0.3, 0.4) is 0 Å². The number of rotatable bonds is 1. The van der Waals surface area contributed by atoms with Crippen LogP contribution in [0, 0.1) is 0 Å². The Morgan fingerprint density at radius 2 is 2.14 bits per heavy atom. The van der Waals surface area contributed by atoms with Gasteiger partial charge in [-0.2, -0.15) is 0 Å². The van der Waals surface area contributed by atoms with Gasteiger partial charge in [-0.15, -0.1) is 0 Å². The topological polar surface area (TPSA) is 32.8 Å². The van der Waals surface area contributed by atoms with E-state index >= 15 is 0 Å². The molecule has 0 bridgehead atoms. The average molecular weight is 300 g/mol. The third-order valence-corrected chi connectivity index (χ3v) is 5.61. The first kappa shape index (κ1) is 14.2. The molecule has 1 saturated carbocycles. The lowest BCUT2D eigenvalue weighted by Crippen LogP contribution is -2.56. The average Bonchev–Trinajstić information content (AvgIpc) is 2.51. The van der Waals surface area contributed by atoms with E-state index in [4.69, 9.17) is 4.74 Å². The lowest BCUT2D eigenvalue weighted by Gasteiger charge is -2.50. The van der Waals surface area contributed by atoms with Crippen molar-refractivity contribution in [3.8, 4) is 0 Å². The summed E-state index contributed by atoms with van der Waals surface area (Å²) in [6.07, 6.45) is 3.40. The number of ether oxygens (including phenoxy) is 1. The minimum absolute atomic E-state index is 0.173. The molecule has 22 heavy (non-hydrogen) atoms. The predicted octanol–water partition coefficient (Wildman–Crippen LogP) is 1.78. The Kier molecular flexibility index (Phi) is 3.46. The van der Waals surface area contributed by atoms with Crippen molar-refractivity contribution in [3.05, 3.63) is 35.4 Å². The fourth-order valence-corrected chi connectivity index (χ4v) is 4.21. The second-order valence-corrected chi connectivity index (χ2v) is 7.11. The number of carbonyl (C=O) groups excluding carboxylic acids is 1. The zero-order valence-electron chi connectivity index (χ0n) is 13.3. The van der Waals surface area contributed by atoms with Crippen LogP contribution >= 0.6 is 0 Å². The molecule has 1 atom stereocenters. The van der Waals surface area contributed by atoms with Crippen LogP contribution in [0.15, 0.2) is 24.3 Å². The van der Waals surface area contributed by atoms with Crippen molar-refractivity contribution >= 4 is 5.91 Å². The van der Waals surface area contributed by atoms with Crippen LogP contribution in [0.2, 0.25) is 0 Å². The Hall–Kier alpha value is -1.39. The van der Waals surface area contributed by atoms with Crippen molar-refractivity contribution in [2.45, 2.75) is 37.3 Å². The molecule has 3 aliphatic rings. The molecule has 4 nitrogen and oxygen atoms in total. The summed E-state index contributed by atoms with van der Waals surface area (Å²) < 4.78 is 5.74. The van der Waals surface area contributed by atoms with Crippen LogP contribution in [-0.4, -0.2) is 55.1 Å². The molecule has 2 fully saturated rings. The van der Waals surface area contributed by atoms with Gasteiger partial charge in [0.2, 0.25) is 0 Å². The summed E-state index contributed by atoms with van der Waals surface area (Å²) in [6.45, 7) is 3.88. The van der Waals surface area contributed by atoms with Gasteiger partial charge in [0.25, 0.3) is 5.91 Å². The van der Waals surface area contributed by atoms with Gasteiger partial charge in [0.1, 0.15) is 6.10 Å². The first-order chi connectivity index (χ1) is 10.7. The molecule has 0 aromatic heterocycles. The molecular weight excluding hydrogens is 276 g/mol. The van der Waals surface area contributed by atoms with Crippen LogP contribution in [0.1, 0.15) is 30.4 Å². The standard InChI is InChI=1S/C18H24N2O2/c1-19-9-10-22-16(12-19)17(21)20-11-14-5-2-3-6-15(14)18(13-20)7-4-8-18/h2-3,5-6,16H,4,7-13H2,1H3. The predicted molar refractivity (Wildman–Crippen MR) is 84.6 cm³/mol. The Balaban J connectivity index is 1.58. The number of nitrogens with zero attached hydrogens (tertiary/aromatic N) is 2. The van der Waals surface area contributed by atoms with Gasteiger partial charge in [0.15, 0.2) is 0 Å². The summed E-state index contributed by atoms with van der Waals surface area (Å²) in [5, 5.41) is 0. The summed E-state index contributed by atoms with van der Waals surface area (Å²) in [4.78, 5) is 17.1. The number of hydrogen-bond donors (Lipinski definition) is 0. The number of benzene rings is 1. The molecule has 1 amide bonds. The quantitative estimate of drug-likeness (QED) is 0.792. The van der Waals surface area contributed by atoms with Crippen LogP contribution in [0.4, 0.5) is 0 Å². The molecule has 4 rings (SSSR count). The van der Waals surface area contributed by atoms with Gasteiger partial charge in [-0.3, -0.25) is 4.79 Å². The number of likely N-dealkylation sites (N-methyl/N-ethyl adjacent to an activating group) is 1. The van der Waals surface area contributed by atoms with Crippen molar-refractivity contribution < 1.29 is 9.53 Å². The van der Waals surface area contributed by atoms with Gasteiger partial charge >= 0.3 is 0 Å². The maximum atomic E-state index is 12.9. The van der Waals surface area contributed by atoms with Gasteiger partial charge in [-0.05, 0) is 31.0 Å². The molecule has 1 aliphatic carbocycles. The zero-order valence-corrected chi connectivity index (χ0v) is 13.3. The maximum absolute atomic E-state index is 12.9. The number of morpholine rings is 1. The minimum Gasteiger partial charge on any atom is -0.366 e. The Bertz CT molecular complexity index is 582. The highest BCUT2D eigenvalue weighted by molar-refractivity contribution is 5.82. The highest BCUT2D eigenvalue weighted by Crippen LogP contribution is 2.48. The summed E-state index contributed by atoms with van der Waals surface area (Å²) in [7, 11) is 2.06. The molecule has 1 spiro atoms. The first-order valence-corrected chi connectivity index (χ1v) is 8.35. The monoisotopic (exact) mass is 300 g/mol. The van der Waals surface area contributed by atoms with Crippen molar-refractivity contribution in [3.63, 3.8) is 0 Å². The SMILES string of the molecule is CN1CCOC(C(=O)N2Cc3ccccc3C3(CCC3)C2)C1. The maximum Gasteiger partial charge on any atom is 0.253 e. The molecular formula is C18H24N2O2. The van der Waals surface area contributed by atoms with Crippen molar-refractivity contribution in [1.29, 1.82) is 0 Å². The van der Waals surface area contributed by atoms with E-state index in [-0.39, 0.29) is 17.4 Å². The molecule has 1 aromatic carbocycles. The Morgan fingerprint density at radius 1 is 1.32 bits per heavy atom. The lowest BCUT2D eigenvalue weighted by molar-refractivity contribution is -0.151. The van der Waals surface area contributed by atoms with E-state index in [2.05, 4.69) is 36.2 Å². The molecule has 2 aliphatic heterocycles. The largest absolute Gasteiger partial charge is 0.366 e. The van der Waals surface area contributed by atoms with Crippen molar-refractivity contribution in [2.75, 3.05) is 33.3 Å². The molecule has 0 N–H and O–H groups in total. The van der Waals surface area contributed by atoms with E-state index in [1.807, 2.05) is 4.90 Å². The second-order valence-electron chi connectivity index (χ2n) is 7.11. The van der Waals surface area contributed by atoms with Gasteiger partial charge < -0.3 is 14.5 Å². The van der Waals surface area contributed by atoms with Crippen molar-refractivity contribution in [2.24, 2.45) is 0 Å². The Morgan fingerprint density at radius 3 is 2.86 bits per heavy atom. The fourth-order valence-electron chi connectivity index (χ4n) is 4.21.